The first-order valence-corrected chi connectivity index (χ1v) is 9.60. The van der Waals surface area contributed by atoms with E-state index in [0.29, 0.717) is 24.2 Å². The van der Waals surface area contributed by atoms with E-state index in [1.807, 2.05) is 0 Å². The molecule has 0 unspecified atom stereocenters. The number of aliphatic carboxylic acids is 1. The lowest BCUT2D eigenvalue weighted by atomic mass is 9.99. The normalized spacial score (nSPS) is 11.6. The van der Waals surface area contributed by atoms with Crippen LogP contribution in [0.3, 0.4) is 0 Å². The number of amides is 2. The van der Waals surface area contributed by atoms with Crippen LogP contribution in [0.2, 0.25) is 0 Å². The minimum absolute atomic E-state index is 0.0418. The van der Waals surface area contributed by atoms with Gasteiger partial charge in [-0.1, -0.05) is 6.92 Å². The molecule has 0 spiro atoms. The largest absolute Gasteiger partial charge is 0.481 e. The van der Waals surface area contributed by atoms with Crippen LogP contribution < -0.4 is 15.4 Å². The summed E-state index contributed by atoms with van der Waals surface area (Å²) in [5.74, 6) is -0.878. The van der Waals surface area contributed by atoms with Gasteiger partial charge < -0.3 is 15.7 Å². The number of hydrogen-bond donors (Lipinski definition) is 4. The van der Waals surface area contributed by atoms with Crippen LogP contribution in [-0.2, 0) is 14.8 Å². The Hall–Kier alpha value is -2.29. The first-order chi connectivity index (χ1) is 11.5. The Balaban J connectivity index is 2.60. The maximum absolute atomic E-state index is 12.0. The number of rotatable bonds is 9. The van der Waals surface area contributed by atoms with E-state index in [4.69, 9.17) is 5.11 Å². The van der Waals surface area contributed by atoms with E-state index >= 15 is 0 Å². The lowest BCUT2D eigenvalue weighted by Gasteiger charge is -2.25. The highest BCUT2D eigenvalue weighted by Crippen LogP contribution is 2.16. The third-order valence-electron chi connectivity index (χ3n) is 3.30. The molecule has 0 bridgehead atoms. The average Bonchev–Trinajstić information content (AvgIpc) is 2.46. The van der Waals surface area contributed by atoms with Crippen molar-refractivity contribution in [2.45, 2.75) is 45.6 Å². The van der Waals surface area contributed by atoms with Crippen LogP contribution in [0.4, 0.5) is 16.2 Å². The molecule has 0 aromatic heterocycles. The topological polar surface area (TPSA) is 125 Å². The van der Waals surface area contributed by atoms with Crippen molar-refractivity contribution in [1.82, 2.24) is 5.32 Å². The van der Waals surface area contributed by atoms with Gasteiger partial charge in [0.25, 0.3) is 0 Å². The van der Waals surface area contributed by atoms with Gasteiger partial charge >= 0.3 is 12.0 Å². The van der Waals surface area contributed by atoms with Gasteiger partial charge in [0, 0.05) is 23.3 Å². The van der Waals surface area contributed by atoms with E-state index < -0.39 is 27.6 Å². The van der Waals surface area contributed by atoms with Gasteiger partial charge in [-0.2, -0.15) is 0 Å². The molecule has 0 aliphatic heterocycles. The zero-order chi connectivity index (χ0) is 19.1. The summed E-state index contributed by atoms with van der Waals surface area (Å²) in [5, 5.41) is 14.0. The number of anilines is 2. The Labute approximate surface area is 148 Å². The number of carboxylic acid groups (broad SMARTS) is 1. The molecule has 4 N–H and O–H groups in total. The van der Waals surface area contributed by atoms with E-state index in [1.54, 1.807) is 45.0 Å². The van der Waals surface area contributed by atoms with Crippen LogP contribution in [-0.4, -0.2) is 36.8 Å². The van der Waals surface area contributed by atoms with Gasteiger partial charge in [-0.25, -0.2) is 13.2 Å². The number of carboxylic acids is 1. The molecule has 0 aliphatic rings. The van der Waals surface area contributed by atoms with Crippen molar-refractivity contribution in [3.05, 3.63) is 24.3 Å². The van der Waals surface area contributed by atoms with Crippen molar-refractivity contribution in [2.24, 2.45) is 0 Å². The summed E-state index contributed by atoms with van der Waals surface area (Å²) in [5.41, 5.74) is 0.240. The second-order valence-electron chi connectivity index (χ2n) is 6.36. The Bertz CT molecular complexity index is 699. The molecule has 0 saturated heterocycles. The molecule has 1 aromatic carbocycles. The van der Waals surface area contributed by atoms with Gasteiger partial charge in [0.15, 0.2) is 0 Å². The molecule has 25 heavy (non-hydrogen) atoms. The number of nitrogens with one attached hydrogen (secondary N) is 3. The highest BCUT2D eigenvalue weighted by molar-refractivity contribution is 7.92. The molecule has 0 aliphatic carbocycles. The standard InChI is InChI=1S/C16H25N3O5S/c1-4-11-25(23,24)19-13-7-5-12(6-8-13)17-15(22)18-16(2,3)10-9-14(20)21/h5-8,19H,4,9-11H2,1-3H3,(H,20,21)(H2,17,18,22). The summed E-state index contributed by atoms with van der Waals surface area (Å²) in [6, 6.07) is 5.80. The Morgan fingerprint density at radius 3 is 2.20 bits per heavy atom. The first kappa shape index (κ1) is 20.8. The fourth-order valence-electron chi connectivity index (χ4n) is 2.07. The lowest BCUT2D eigenvalue weighted by Crippen LogP contribution is -2.45. The average molecular weight is 371 g/mol. The van der Waals surface area contributed by atoms with Crippen molar-refractivity contribution >= 4 is 33.4 Å². The number of benzene rings is 1. The van der Waals surface area contributed by atoms with Gasteiger partial charge in [-0.3, -0.25) is 9.52 Å². The smallest absolute Gasteiger partial charge is 0.319 e. The number of urea groups is 1. The van der Waals surface area contributed by atoms with Gasteiger partial charge in [0.2, 0.25) is 10.0 Å². The Kier molecular flexibility index (Phi) is 7.22. The van der Waals surface area contributed by atoms with Crippen molar-refractivity contribution in [3.8, 4) is 0 Å². The van der Waals surface area contributed by atoms with Crippen molar-refractivity contribution in [3.63, 3.8) is 0 Å². The quantitative estimate of drug-likeness (QED) is 0.531. The second kappa shape index (κ2) is 8.70. The van der Waals surface area contributed by atoms with Gasteiger partial charge in [-0.15, -0.1) is 0 Å². The summed E-state index contributed by atoms with van der Waals surface area (Å²) in [6.07, 6.45) is 0.778. The summed E-state index contributed by atoms with van der Waals surface area (Å²) in [6.45, 7) is 5.26. The molecule has 9 heteroatoms. The van der Waals surface area contributed by atoms with Gasteiger partial charge in [0.1, 0.15) is 0 Å². The lowest BCUT2D eigenvalue weighted by molar-refractivity contribution is -0.137. The molecule has 0 radical (unpaired) electrons. The van der Waals surface area contributed by atoms with E-state index in [1.165, 1.54) is 0 Å². The first-order valence-electron chi connectivity index (χ1n) is 7.94. The number of carbonyl (C=O) groups excluding carboxylic acids is 1. The molecule has 0 saturated carbocycles. The van der Waals surface area contributed by atoms with Crippen molar-refractivity contribution in [2.75, 3.05) is 15.8 Å². The zero-order valence-electron chi connectivity index (χ0n) is 14.6. The monoisotopic (exact) mass is 371 g/mol. The van der Waals surface area contributed by atoms with Crippen LogP contribution >= 0.6 is 0 Å². The molecule has 0 atom stereocenters. The van der Waals surface area contributed by atoms with E-state index in [9.17, 15) is 18.0 Å². The number of carbonyl (C=O) groups is 2. The Morgan fingerprint density at radius 2 is 1.68 bits per heavy atom. The maximum atomic E-state index is 12.0. The molecular weight excluding hydrogens is 346 g/mol. The van der Waals surface area contributed by atoms with Crippen LogP contribution in [0, 0.1) is 0 Å². The fourth-order valence-corrected chi connectivity index (χ4v) is 3.21. The molecule has 2 amide bonds. The van der Waals surface area contributed by atoms with Crippen LogP contribution in [0.1, 0.15) is 40.0 Å². The predicted molar refractivity (Wildman–Crippen MR) is 97.2 cm³/mol. The van der Waals surface area contributed by atoms with Crippen LogP contribution in [0.25, 0.3) is 0 Å². The summed E-state index contributed by atoms with van der Waals surface area (Å²) >= 11 is 0. The fraction of sp³-hybridized carbons (Fsp3) is 0.500. The maximum Gasteiger partial charge on any atom is 0.319 e. The number of sulfonamides is 1. The highest BCUT2D eigenvalue weighted by Gasteiger charge is 2.21. The Morgan fingerprint density at radius 1 is 1.12 bits per heavy atom. The summed E-state index contributed by atoms with van der Waals surface area (Å²) in [7, 11) is -3.36. The molecular formula is C16H25N3O5S. The van der Waals surface area contributed by atoms with E-state index in [-0.39, 0.29) is 12.2 Å². The second-order valence-corrected chi connectivity index (χ2v) is 8.20. The minimum Gasteiger partial charge on any atom is -0.481 e. The van der Waals surface area contributed by atoms with Gasteiger partial charge in [0.05, 0.1) is 5.75 Å². The molecule has 1 aromatic rings. The molecule has 8 nitrogen and oxygen atoms in total. The van der Waals surface area contributed by atoms with Crippen LogP contribution in [0.15, 0.2) is 24.3 Å². The molecule has 1 rings (SSSR count). The summed E-state index contributed by atoms with van der Waals surface area (Å²) in [4.78, 5) is 22.6. The SMILES string of the molecule is CCCS(=O)(=O)Nc1ccc(NC(=O)NC(C)(C)CCC(=O)O)cc1. The number of hydrogen-bond acceptors (Lipinski definition) is 4. The third-order valence-corrected chi connectivity index (χ3v) is 4.80. The predicted octanol–water partition coefficient (Wildman–Crippen LogP) is 2.60. The summed E-state index contributed by atoms with van der Waals surface area (Å²) < 4.78 is 25.8. The zero-order valence-corrected chi connectivity index (χ0v) is 15.4. The van der Waals surface area contributed by atoms with E-state index in [0.717, 1.165) is 0 Å². The van der Waals surface area contributed by atoms with Crippen molar-refractivity contribution in [1.29, 1.82) is 0 Å². The highest BCUT2D eigenvalue weighted by atomic mass is 32.2. The molecule has 0 heterocycles. The molecule has 140 valence electrons. The minimum atomic E-state index is -3.36. The van der Waals surface area contributed by atoms with E-state index in [2.05, 4.69) is 15.4 Å². The van der Waals surface area contributed by atoms with Gasteiger partial charge in [-0.05, 0) is 51.0 Å². The third kappa shape index (κ3) is 8.39. The van der Waals surface area contributed by atoms with Crippen LogP contribution in [0.5, 0.6) is 0 Å². The molecule has 0 fully saturated rings. The van der Waals surface area contributed by atoms with Crippen molar-refractivity contribution < 1.29 is 23.1 Å².